The van der Waals surface area contributed by atoms with Crippen LogP contribution in [0.5, 0.6) is 5.75 Å². The molecule has 0 amide bonds. The van der Waals surface area contributed by atoms with E-state index < -0.39 is 6.36 Å². The lowest BCUT2D eigenvalue weighted by Crippen LogP contribution is -2.36. The van der Waals surface area contributed by atoms with Crippen molar-refractivity contribution in [3.63, 3.8) is 0 Å². The topological polar surface area (TPSA) is 69.2 Å². The molecule has 0 aliphatic carbocycles. The second kappa shape index (κ2) is 10.2. The maximum absolute atomic E-state index is 12.5. The van der Waals surface area contributed by atoms with E-state index in [1.165, 1.54) is 35.4 Å². The van der Waals surface area contributed by atoms with Crippen LogP contribution in [0.2, 0.25) is 0 Å². The van der Waals surface area contributed by atoms with Gasteiger partial charge in [-0.05, 0) is 62.2 Å². The fourth-order valence-electron chi connectivity index (χ4n) is 5.09. The van der Waals surface area contributed by atoms with Gasteiger partial charge in [-0.2, -0.15) is 10.1 Å². The van der Waals surface area contributed by atoms with Gasteiger partial charge in [-0.15, -0.1) is 13.2 Å². The van der Waals surface area contributed by atoms with Gasteiger partial charge in [0.1, 0.15) is 5.75 Å². The van der Waals surface area contributed by atoms with Crippen LogP contribution in [0.25, 0.3) is 33.9 Å². The Morgan fingerprint density at radius 1 is 1.00 bits per heavy atom. The van der Waals surface area contributed by atoms with E-state index in [0.717, 1.165) is 43.4 Å². The predicted octanol–water partition coefficient (Wildman–Crippen LogP) is 6.80. The summed E-state index contributed by atoms with van der Waals surface area (Å²) in [6.45, 7) is 4.90. The monoisotopic (exact) mass is 533 g/mol. The Balaban J connectivity index is 1.26. The maximum Gasteiger partial charge on any atom is 0.573 e. The number of benzene rings is 3. The summed E-state index contributed by atoms with van der Waals surface area (Å²) in [5.41, 5.74) is 4.62. The van der Waals surface area contributed by atoms with Crippen LogP contribution in [0.15, 0.2) is 77.3 Å². The van der Waals surface area contributed by atoms with Crippen LogP contribution in [0, 0.1) is 6.92 Å². The molecular formula is C29H26F3N5O2. The van der Waals surface area contributed by atoms with Crippen molar-refractivity contribution >= 4 is 10.9 Å². The van der Waals surface area contributed by atoms with Gasteiger partial charge in [0.05, 0.1) is 11.6 Å². The number of alkyl halides is 3. The number of aryl methyl sites for hydroxylation is 1. The first-order valence-electron chi connectivity index (χ1n) is 12.8. The van der Waals surface area contributed by atoms with E-state index in [2.05, 4.69) is 55.6 Å². The summed E-state index contributed by atoms with van der Waals surface area (Å²) in [6.07, 6.45) is -2.67. The molecule has 0 radical (unpaired) electrons. The van der Waals surface area contributed by atoms with Gasteiger partial charge >= 0.3 is 6.36 Å². The molecule has 10 heteroatoms. The molecule has 1 fully saturated rings. The van der Waals surface area contributed by atoms with Crippen LogP contribution in [-0.4, -0.2) is 44.3 Å². The number of rotatable bonds is 6. The van der Waals surface area contributed by atoms with Crippen LogP contribution in [0.4, 0.5) is 13.2 Å². The molecule has 200 valence electrons. The summed E-state index contributed by atoms with van der Waals surface area (Å²) >= 11 is 0. The third-order valence-corrected chi connectivity index (χ3v) is 6.94. The highest BCUT2D eigenvalue weighted by molar-refractivity contribution is 5.91. The molecule has 0 bridgehead atoms. The fourth-order valence-corrected chi connectivity index (χ4v) is 5.09. The van der Waals surface area contributed by atoms with Crippen LogP contribution in [0.1, 0.15) is 30.0 Å². The van der Waals surface area contributed by atoms with Gasteiger partial charge in [-0.1, -0.05) is 53.2 Å². The second-order valence-electron chi connectivity index (χ2n) is 9.82. The SMILES string of the molecule is Cc1ccc(CN2CCCC(n3nc(-c4nc(-c5ccc(OC(F)(F)F)cc5)no4)c4ccccc43)C2)cc1. The van der Waals surface area contributed by atoms with Crippen molar-refractivity contribution in [3.05, 3.63) is 83.9 Å². The molecule has 7 nitrogen and oxygen atoms in total. The third kappa shape index (κ3) is 5.51. The number of piperidine rings is 1. The number of fused-ring (bicyclic) bond motifs is 1. The molecule has 1 aliphatic heterocycles. The Morgan fingerprint density at radius 3 is 2.54 bits per heavy atom. The van der Waals surface area contributed by atoms with Crippen molar-refractivity contribution < 1.29 is 22.4 Å². The zero-order valence-corrected chi connectivity index (χ0v) is 21.2. The lowest BCUT2D eigenvalue weighted by molar-refractivity contribution is -0.274. The molecule has 1 atom stereocenters. The van der Waals surface area contributed by atoms with E-state index in [0.29, 0.717) is 11.3 Å². The number of likely N-dealkylation sites (tertiary alicyclic amines) is 1. The van der Waals surface area contributed by atoms with Gasteiger partial charge < -0.3 is 9.26 Å². The highest BCUT2D eigenvalue weighted by atomic mass is 19.4. The molecule has 1 unspecified atom stereocenters. The van der Waals surface area contributed by atoms with Gasteiger partial charge in [-0.3, -0.25) is 9.58 Å². The Kier molecular flexibility index (Phi) is 6.56. The third-order valence-electron chi connectivity index (χ3n) is 6.94. The van der Waals surface area contributed by atoms with Crippen LogP contribution in [-0.2, 0) is 6.54 Å². The highest BCUT2D eigenvalue weighted by Crippen LogP contribution is 2.33. The van der Waals surface area contributed by atoms with Gasteiger partial charge in [-0.25, -0.2) is 0 Å². The van der Waals surface area contributed by atoms with Gasteiger partial charge in [0.2, 0.25) is 5.82 Å². The number of ether oxygens (including phenoxy) is 1. The molecule has 39 heavy (non-hydrogen) atoms. The van der Waals surface area contributed by atoms with E-state index in [1.807, 2.05) is 24.3 Å². The quantitative estimate of drug-likeness (QED) is 0.239. The molecule has 0 saturated carbocycles. The summed E-state index contributed by atoms with van der Waals surface area (Å²) in [5.74, 6) is 0.190. The fraction of sp³-hybridized carbons (Fsp3) is 0.276. The van der Waals surface area contributed by atoms with E-state index in [4.69, 9.17) is 9.62 Å². The number of nitrogens with zero attached hydrogens (tertiary/aromatic N) is 5. The lowest BCUT2D eigenvalue weighted by atomic mass is 10.0. The summed E-state index contributed by atoms with van der Waals surface area (Å²) in [6, 6.07) is 22.1. The van der Waals surface area contributed by atoms with Crippen molar-refractivity contribution in [1.29, 1.82) is 0 Å². The Bertz CT molecular complexity index is 1580. The number of aromatic nitrogens is 4. The lowest BCUT2D eigenvalue weighted by Gasteiger charge is -2.33. The summed E-state index contributed by atoms with van der Waals surface area (Å²) in [7, 11) is 0. The molecular weight excluding hydrogens is 507 g/mol. The Labute approximate surface area is 222 Å². The largest absolute Gasteiger partial charge is 0.573 e. The Hall–Kier alpha value is -4.18. The number of hydrogen-bond acceptors (Lipinski definition) is 6. The number of halogens is 3. The standard InChI is InChI=1S/C29H26F3N5O2/c1-19-8-10-20(11-9-19)17-36-16-4-5-22(18-36)37-25-7-3-2-6-24(25)26(34-37)28-33-27(35-39-28)21-12-14-23(15-13-21)38-29(30,31)32/h2-3,6-15,22H,4-5,16-18H2,1H3. The first-order valence-corrected chi connectivity index (χ1v) is 12.8. The van der Waals surface area contributed by atoms with E-state index in [9.17, 15) is 13.2 Å². The maximum atomic E-state index is 12.5. The molecule has 6 rings (SSSR count). The van der Waals surface area contributed by atoms with E-state index in [-0.39, 0.29) is 23.5 Å². The second-order valence-corrected chi connectivity index (χ2v) is 9.82. The summed E-state index contributed by atoms with van der Waals surface area (Å²) in [4.78, 5) is 6.98. The molecule has 1 saturated heterocycles. The van der Waals surface area contributed by atoms with Crippen molar-refractivity contribution in [2.45, 2.75) is 38.7 Å². The normalized spacial score (nSPS) is 16.6. The molecule has 5 aromatic rings. The zero-order chi connectivity index (χ0) is 27.0. The minimum Gasteiger partial charge on any atom is -0.406 e. The predicted molar refractivity (Wildman–Crippen MR) is 140 cm³/mol. The zero-order valence-electron chi connectivity index (χ0n) is 21.2. The molecule has 0 N–H and O–H groups in total. The van der Waals surface area contributed by atoms with Crippen molar-refractivity contribution in [2.75, 3.05) is 13.1 Å². The van der Waals surface area contributed by atoms with Crippen LogP contribution < -0.4 is 4.74 Å². The van der Waals surface area contributed by atoms with Gasteiger partial charge in [0, 0.05) is 24.0 Å². The smallest absolute Gasteiger partial charge is 0.406 e. The van der Waals surface area contributed by atoms with Crippen molar-refractivity contribution in [3.8, 4) is 28.7 Å². The first-order chi connectivity index (χ1) is 18.8. The number of para-hydroxylation sites is 1. The summed E-state index contributed by atoms with van der Waals surface area (Å²) in [5, 5.41) is 9.90. The summed E-state index contributed by atoms with van der Waals surface area (Å²) < 4.78 is 49.0. The highest BCUT2D eigenvalue weighted by Gasteiger charge is 2.31. The minimum absolute atomic E-state index is 0.186. The van der Waals surface area contributed by atoms with Gasteiger partial charge in [0.15, 0.2) is 5.69 Å². The van der Waals surface area contributed by atoms with E-state index >= 15 is 0 Å². The van der Waals surface area contributed by atoms with Crippen LogP contribution >= 0.6 is 0 Å². The van der Waals surface area contributed by atoms with Crippen molar-refractivity contribution in [2.24, 2.45) is 0 Å². The molecule has 3 heterocycles. The van der Waals surface area contributed by atoms with Crippen molar-refractivity contribution in [1.82, 2.24) is 24.8 Å². The molecule has 2 aromatic heterocycles. The molecule has 0 spiro atoms. The first kappa shape index (κ1) is 25.1. The van der Waals surface area contributed by atoms with E-state index in [1.54, 1.807) is 0 Å². The number of hydrogen-bond donors (Lipinski definition) is 0. The molecule has 3 aromatic carbocycles. The van der Waals surface area contributed by atoms with Crippen LogP contribution in [0.3, 0.4) is 0 Å². The Morgan fingerprint density at radius 2 is 1.77 bits per heavy atom. The average Bonchev–Trinajstić information content (AvgIpc) is 3.55. The minimum atomic E-state index is -4.75. The molecule has 1 aliphatic rings. The van der Waals surface area contributed by atoms with Gasteiger partial charge in [0.25, 0.3) is 5.89 Å². The average molecular weight is 534 g/mol.